The Bertz CT molecular complexity index is 674. The van der Waals surface area contributed by atoms with E-state index in [1.807, 2.05) is 24.4 Å². The van der Waals surface area contributed by atoms with E-state index >= 15 is 0 Å². The number of nitrogens with two attached hydrogens (primary N) is 1. The zero-order valence-electron chi connectivity index (χ0n) is 9.34. The molecule has 3 aromatic rings. The molecule has 0 fully saturated rings. The minimum Gasteiger partial charge on any atom is -0.397 e. The molecule has 0 aliphatic rings. The van der Waals surface area contributed by atoms with Gasteiger partial charge < -0.3 is 5.73 Å². The summed E-state index contributed by atoms with van der Waals surface area (Å²) in [5.41, 5.74) is 10.1. The van der Waals surface area contributed by atoms with Gasteiger partial charge in [-0.1, -0.05) is 0 Å². The molecule has 2 N–H and O–H groups in total. The molecule has 0 aliphatic carbocycles. The quantitative estimate of drug-likeness (QED) is 0.711. The summed E-state index contributed by atoms with van der Waals surface area (Å²) in [6.07, 6.45) is 3.58. The van der Waals surface area contributed by atoms with Gasteiger partial charge in [0.05, 0.1) is 5.69 Å². The van der Waals surface area contributed by atoms with Crippen LogP contribution in [0.3, 0.4) is 0 Å². The number of thiophene rings is 1. The van der Waals surface area contributed by atoms with Gasteiger partial charge in [0.1, 0.15) is 4.83 Å². The zero-order chi connectivity index (χ0) is 11.8. The van der Waals surface area contributed by atoms with Crippen molar-refractivity contribution >= 4 is 27.2 Å². The highest BCUT2D eigenvalue weighted by Crippen LogP contribution is 2.35. The smallest absolute Gasteiger partial charge is 0.126 e. The lowest BCUT2D eigenvalue weighted by Gasteiger charge is -2.05. The van der Waals surface area contributed by atoms with Crippen molar-refractivity contribution in [2.75, 3.05) is 5.73 Å². The molecule has 0 saturated carbocycles. The number of pyridine rings is 2. The summed E-state index contributed by atoms with van der Waals surface area (Å²) in [4.78, 5) is 9.54. The molecule has 0 unspecified atom stereocenters. The lowest BCUT2D eigenvalue weighted by molar-refractivity contribution is 1.27. The van der Waals surface area contributed by atoms with Gasteiger partial charge >= 0.3 is 0 Å². The molecule has 3 heterocycles. The number of rotatable bonds is 1. The fourth-order valence-corrected chi connectivity index (χ4v) is 2.85. The Labute approximate surface area is 103 Å². The van der Waals surface area contributed by atoms with Crippen LogP contribution in [0, 0.1) is 6.92 Å². The van der Waals surface area contributed by atoms with E-state index in [2.05, 4.69) is 16.0 Å². The number of fused-ring (bicyclic) bond motifs is 1. The topological polar surface area (TPSA) is 51.8 Å². The van der Waals surface area contributed by atoms with E-state index in [-0.39, 0.29) is 0 Å². The Balaban J connectivity index is 2.39. The van der Waals surface area contributed by atoms with Crippen molar-refractivity contribution in [2.24, 2.45) is 0 Å². The molecule has 4 heteroatoms. The number of aromatic nitrogens is 2. The third-order valence-corrected chi connectivity index (χ3v) is 3.58. The summed E-state index contributed by atoms with van der Waals surface area (Å²) in [5, 5.41) is 2.99. The summed E-state index contributed by atoms with van der Waals surface area (Å²) in [6.45, 7) is 2.00. The first-order valence-corrected chi connectivity index (χ1v) is 6.18. The molecular weight excluding hydrogens is 230 g/mol. The van der Waals surface area contributed by atoms with Gasteiger partial charge in [0.25, 0.3) is 0 Å². The molecule has 0 atom stereocenters. The summed E-state index contributed by atoms with van der Waals surface area (Å²) < 4.78 is 0. The maximum Gasteiger partial charge on any atom is 0.126 e. The fourth-order valence-electron chi connectivity index (χ4n) is 1.95. The van der Waals surface area contributed by atoms with Crippen LogP contribution in [0.4, 0.5) is 5.69 Å². The van der Waals surface area contributed by atoms with Gasteiger partial charge in [0, 0.05) is 28.9 Å². The summed E-state index contributed by atoms with van der Waals surface area (Å²) >= 11 is 1.59. The maximum atomic E-state index is 6.02. The van der Waals surface area contributed by atoms with E-state index in [1.54, 1.807) is 23.7 Å². The molecule has 3 rings (SSSR count). The van der Waals surface area contributed by atoms with Gasteiger partial charge in [-0.25, -0.2) is 4.98 Å². The molecule has 0 amide bonds. The van der Waals surface area contributed by atoms with E-state index in [4.69, 9.17) is 5.73 Å². The first-order chi connectivity index (χ1) is 8.25. The summed E-state index contributed by atoms with van der Waals surface area (Å²) in [5.74, 6) is 0. The molecular formula is C13H11N3S. The number of anilines is 1. The molecule has 3 aromatic heterocycles. The van der Waals surface area contributed by atoms with Gasteiger partial charge in [-0.2, -0.15) is 0 Å². The number of nitrogens with zero attached hydrogens (tertiary/aromatic N) is 2. The second-order valence-electron chi connectivity index (χ2n) is 3.92. The van der Waals surface area contributed by atoms with Crippen LogP contribution in [0.1, 0.15) is 5.69 Å². The molecule has 84 valence electrons. The normalized spacial score (nSPS) is 10.9. The van der Waals surface area contributed by atoms with Crippen molar-refractivity contribution in [1.82, 2.24) is 9.97 Å². The third kappa shape index (κ3) is 1.66. The van der Waals surface area contributed by atoms with Crippen molar-refractivity contribution in [3.8, 4) is 11.1 Å². The number of hydrogen-bond donors (Lipinski definition) is 1. The van der Waals surface area contributed by atoms with Crippen LogP contribution < -0.4 is 5.73 Å². The molecule has 0 aliphatic heterocycles. The third-order valence-electron chi connectivity index (χ3n) is 2.69. The maximum absolute atomic E-state index is 6.02. The molecule has 0 aromatic carbocycles. The second-order valence-corrected chi connectivity index (χ2v) is 4.78. The zero-order valence-corrected chi connectivity index (χ0v) is 10.2. The van der Waals surface area contributed by atoms with Crippen molar-refractivity contribution in [1.29, 1.82) is 0 Å². The van der Waals surface area contributed by atoms with Crippen LogP contribution in [0.5, 0.6) is 0 Å². The Kier molecular flexibility index (Phi) is 2.30. The summed E-state index contributed by atoms with van der Waals surface area (Å²) in [6, 6.07) is 6.05. The first-order valence-electron chi connectivity index (χ1n) is 5.30. The Hall–Kier alpha value is -1.94. The van der Waals surface area contributed by atoms with Gasteiger partial charge in [-0.3, -0.25) is 4.98 Å². The monoisotopic (exact) mass is 241 g/mol. The number of hydrogen-bond acceptors (Lipinski definition) is 4. The molecule has 0 bridgehead atoms. The number of nitrogen functional groups attached to an aromatic ring is 1. The average Bonchev–Trinajstić information content (AvgIpc) is 2.71. The van der Waals surface area contributed by atoms with Gasteiger partial charge in [-0.05, 0) is 36.2 Å². The Morgan fingerprint density at radius 2 is 2.00 bits per heavy atom. The molecule has 0 radical (unpaired) electrons. The van der Waals surface area contributed by atoms with Crippen molar-refractivity contribution in [3.63, 3.8) is 0 Å². The van der Waals surface area contributed by atoms with Gasteiger partial charge in [-0.15, -0.1) is 11.3 Å². The highest BCUT2D eigenvalue weighted by molar-refractivity contribution is 7.17. The van der Waals surface area contributed by atoms with E-state index in [0.717, 1.165) is 32.7 Å². The van der Waals surface area contributed by atoms with Crippen LogP contribution in [-0.2, 0) is 0 Å². The summed E-state index contributed by atoms with van der Waals surface area (Å²) in [7, 11) is 0. The Morgan fingerprint density at radius 3 is 2.76 bits per heavy atom. The Morgan fingerprint density at radius 1 is 1.24 bits per heavy atom. The molecule has 0 saturated heterocycles. The molecule has 3 nitrogen and oxygen atoms in total. The molecule has 0 spiro atoms. The van der Waals surface area contributed by atoms with Crippen molar-refractivity contribution in [3.05, 3.63) is 41.7 Å². The van der Waals surface area contributed by atoms with Crippen molar-refractivity contribution < 1.29 is 0 Å². The van der Waals surface area contributed by atoms with Crippen LogP contribution in [0.15, 0.2) is 36.0 Å². The lowest BCUT2D eigenvalue weighted by Crippen LogP contribution is -1.89. The lowest BCUT2D eigenvalue weighted by atomic mass is 10.0. The largest absolute Gasteiger partial charge is 0.397 e. The van der Waals surface area contributed by atoms with Crippen molar-refractivity contribution in [2.45, 2.75) is 6.92 Å². The van der Waals surface area contributed by atoms with E-state index in [1.165, 1.54) is 0 Å². The number of aryl methyl sites for hydroxylation is 1. The predicted octanol–water partition coefficient (Wildman–Crippen LogP) is 3.25. The van der Waals surface area contributed by atoms with E-state index in [0.29, 0.717) is 0 Å². The fraction of sp³-hybridized carbons (Fsp3) is 0.0769. The van der Waals surface area contributed by atoms with Gasteiger partial charge in [0.15, 0.2) is 0 Å². The average molecular weight is 241 g/mol. The highest BCUT2D eigenvalue weighted by Gasteiger charge is 2.10. The minimum atomic E-state index is 0.796. The van der Waals surface area contributed by atoms with Gasteiger partial charge in [0.2, 0.25) is 0 Å². The van der Waals surface area contributed by atoms with E-state index in [9.17, 15) is 0 Å². The minimum absolute atomic E-state index is 0.796. The van der Waals surface area contributed by atoms with Crippen LogP contribution in [0.25, 0.3) is 21.3 Å². The highest BCUT2D eigenvalue weighted by atomic mass is 32.1. The van der Waals surface area contributed by atoms with Crippen LogP contribution in [-0.4, -0.2) is 9.97 Å². The first kappa shape index (κ1) is 10.2. The molecule has 17 heavy (non-hydrogen) atoms. The predicted molar refractivity (Wildman–Crippen MR) is 72.0 cm³/mol. The van der Waals surface area contributed by atoms with Crippen LogP contribution >= 0.6 is 11.3 Å². The standard InChI is InChI=1S/C13H11N3S/c1-8-6-10(9-2-4-15-5-3-9)12-11(14)7-17-13(12)16-8/h2-7H,14H2,1H3. The second kappa shape index (κ2) is 3.82. The van der Waals surface area contributed by atoms with Crippen LogP contribution in [0.2, 0.25) is 0 Å². The van der Waals surface area contributed by atoms with E-state index < -0.39 is 0 Å². The SMILES string of the molecule is Cc1cc(-c2ccncc2)c2c(N)csc2n1.